The molecule has 32 heavy (non-hydrogen) atoms. The molecule has 0 spiro atoms. The average Bonchev–Trinajstić information content (AvgIpc) is 3.66. The second-order valence-corrected chi connectivity index (χ2v) is 12.8. The van der Waals surface area contributed by atoms with Crippen molar-refractivity contribution in [2.45, 2.75) is 13.3 Å². The molecule has 0 fully saturated rings. The van der Waals surface area contributed by atoms with Crippen LogP contribution >= 0.6 is 68.0 Å². The highest BCUT2D eigenvalue weighted by molar-refractivity contribution is 7.22. The third-order valence-corrected chi connectivity index (χ3v) is 11.3. The fourth-order valence-electron chi connectivity index (χ4n) is 4.01. The van der Waals surface area contributed by atoms with Crippen molar-refractivity contribution in [2.24, 2.45) is 0 Å². The molecule has 0 radical (unpaired) electrons. The average molecular weight is 523 g/mol. The lowest BCUT2D eigenvalue weighted by Crippen LogP contribution is -1.82. The summed E-state index contributed by atoms with van der Waals surface area (Å²) >= 11 is 11.1. The summed E-state index contributed by atoms with van der Waals surface area (Å²) in [7, 11) is 0. The van der Waals surface area contributed by atoms with Gasteiger partial charge < -0.3 is 0 Å². The van der Waals surface area contributed by atoms with Crippen molar-refractivity contribution in [3.8, 4) is 51.5 Å². The fourth-order valence-corrected chi connectivity index (χ4v) is 9.95. The molecule has 6 heterocycles. The lowest BCUT2D eigenvalue weighted by atomic mass is 10.0. The minimum atomic E-state index is 1.08. The lowest BCUT2D eigenvalue weighted by molar-refractivity contribution is 1.16. The second kappa shape index (κ2) is 8.86. The zero-order chi connectivity index (χ0) is 21.5. The minimum absolute atomic E-state index is 1.08. The first kappa shape index (κ1) is 20.8. The van der Waals surface area contributed by atoms with E-state index in [1.807, 2.05) is 68.0 Å². The van der Waals surface area contributed by atoms with Crippen LogP contribution in [0, 0.1) is 0 Å². The van der Waals surface area contributed by atoms with E-state index in [0.29, 0.717) is 0 Å². The van der Waals surface area contributed by atoms with Crippen LogP contribution in [0.2, 0.25) is 0 Å². The van der Waals surface area contributed by atoms with Crippen LogP contribution < -0.4 is 0 Å². The van der Waals surface area contributed by atoms with Crippen molar-refractivity contribution in [3.05, 3.63) is 80.3 Å². The molecular weight excluding hydrogens is 505 g/mol. The molecule has 0 saturated carbocycles. The maximum absolute atomic E-state index is 2.31. The Kier molecular flexibility index (Phi) is 5.75. The van der Waals surface area contributed by atoms with Gasteiger partial charge in [0.25, 0.3) is 0 Å². The highest BCUT2D eigenvalue weighted by Crippen LogP contribution is 2.51. The van der Waals surface area contributed by atoms with Crippen LogP contribution in [0.3, 0.4) is 0 Å². The quantitative estimate of drug-likeness (QED) is 0.204. The van der Waals surface area contributed by atoms with E-state index in [0.717, 1.165) is 6.42 Å². The van der Waals surface area contributed by atoms with Crippen LogP contribution in [-0.2, 0) is 6.42 Å². The van der Waals surface area contributed by atoms with Gasteiger partial charge in [0.15, 0.2) is 0 Å². The first-order valence-electron chi connectivity index (χ1n) is 10.3. The van der Waals surface area contributed by atoms with Gasteiger partial charge >= 0.3 is 0 Å². The van der Waals surface area contributed by atoms with Crippen LogP contribution in [0.4, 0.5) is 0 Å². The zero-order valence-electron chi connectivity index (χ0n) is 17.2. The Morgan fingerprint density at radius 3 is 1.56 bits per heavy atom. The zero-order valence-corrected chi connectivity index (χ0v) is 22.1. The van der Waals surface area contributed by atoms with Crippen molar-refractivity contribution >= 4 is 68.0 Å². The summed E-state index contributed by atoms with van der Waals surface area (Å²) in [6.07, 6.45) is 1.08. The summed E-state index contributed by atoms with van der Waals surface area (Å²) < 4.78 is 0. The number of rotatable bonds is 6. The molecule has 0 N–H and O–H groups in total. The van der Waals surface area contributed by atoms with E-state index in [1.165, 1.54) is 57.1 Å². The molecule has 6 aromatic heterocycles. The summed E-state index contributed by atoms with van der Waals surface area (Å²) in [6.45, 7) is 2.25. The molecule has 0 nitrogen and oxygen atoms in total. The van der Waals surface area contributed by atoms with E-state index < -0.39 is 0 Å². The summed E-state index contributed by atoms with van der Waals surface area (Å²) in [5.41, 5.74) is 6.90. The van der Waals surface area contributed by atoms with Crippen LogP contribution in [0.25, 0.3) is 51.5 Å². The molecule has 0 atom stereocenters. The molecule has 0 saturated heterocycles. The SMILES string of the molecule is CCc1ccsc1-c1sccc1-c1sccc1-c1sccc1-c1sccc1-c1cccs1. The van der Waals surface area contributed by atoms with Gasteiger partial charge in [-0.05, 0) is 80.7 Å². The van der Waals surface area contributed by atoms with Crippen LogP contribution in [0.15, 0.2) is 74.7 Å². The smallest absolute Gasteiger partial charge is 0.0532 e. The predicted molar refractivity (Wildman–Crippen MR) is 150 cm³/mol. The van der Waals surface area contributed by atoms with Gasteiger partial charge in [-0.25, -0.2) is 0 Å². The summed E-state index contributed by atoms with van der Waals surface area (Å²) in [4.78, 5) is 8.32. The molecule has 6 aromatic rings. The maximum Gasteiger partial charge on any atom is 0.0532 e. The summed E-state index contributed by atoms with van der Waals surface area (Å²) in [5.74, 6) is 0. The van der Waals surface area contributed by atoms with Gasteiger partial charge in [0.1, 0.15) is 0 Å². The number of hydrogen-bond donors (Lipinski definition) is 0. The minimum Gasteiger partial charge on any atom is -0.144 e. The molecule has 0 aliphatic rings. The molecule has 0 unspecified atom stereocenters. The van der Waals surface area contributed by atoms with E-state index in [4.69, 9.17) is 0 Å². The topological polar surface area (TPSA) is 0 Å². The van der Waals surface area contributed by atoms with Gasteiger partial charge in [-0.2, -0.15) is 0 Å². The van der Waals surface area contributed by atoms with Crippen LogP contribution in [0.1, 0.15) is 12.5 Å². The van der Waals surface area contributed by atoms with Gasteiger partial charge in [0.05, 0.1) is 4.88 Å². The molecule has 0 aliphatic heterocycles. The van der Waals surface area contributed by atoms with Gasteiger partial charge in [-0.1, -0.05) is 13.0 Å². The Morgan fingerprint density at radius 1 is 0.469 bits per heavy atom. The van der Waals surface area contributed by atoms with E-state index in [-0.39, 0.29) is 0 Å². The van der Waals surface area contributed by atoms with Crippen LogP contribution in [0.5, 0.6) is 0 Å². The molecule has 0 aliphatic carbocycles. The van der Waals surface area contributed by atoms with Crippen molar-refractivity contribution < 1.29 is 0 Å². The van der Waals surface area contributed by atoms with Gasteiger partial charge in [0.2, 0.25) is 0 Å². The van der Waals surface area contributed by atoms with Crippen molar-refractivity contribution in [2.75, 3.05) is 0 Å². The maximum atomic E-state index is 2.31. The monoisotopic (exact) mass is 522 g/mol. The number of aryl methyl sites for hydroxylation is 1. The molecule has 6 rings (SSSR count). The van der Waals surface area contributed by atoms with Gasteiger partial charge in [0, 0.05) is 46.6 Å². The first-order chi connectivity index (χ1) is 15.8. The van der Waals surface area contributed by atoms with Crippen LogP contribution in [-0.4, -0.2) is 0 Å². The Labute approximate surface area is 211 Å². The molecule has 6 heteroatoms. The molecule has 0 aromatic carbocycles. The normalized spacial score (nSPS) is 11.4. The van der Waals surface area contributed by atoms with Crippen molar-refractivity contribution in [1.29, 1.82) is 0 Å². The summed E-state index contributed by atoms with van der Waals surface area (Å²) in [5, 5.41) is 13.4. The second-order valence-electron chi connectivity index (χ2n) is 7.26. The highest BCUT2D eigenvalue weighted by Gasteiger charge is 2.22. The Morgan fingerprint density at radius 2 is 0.969 bits per heavy atom. The molecular formula is C26H18S6. The third-order valence-electron chi connectivity index (χ3n) is 5.52. The largest absolute Gasteiger partial charge is 0.144 e. The molecule has 158 valence electrons. The van der Waals surface area contributed by atoms with E-state index in [1.54, 1.807) is 0 Å². The Hall–Kier alpha value is -1.80. The predicted octanol–water partition coefficient (Wildman–Crippen LogP) is 11.0. The van der Waals surface area contributed by atoms with E-state index >= 15 is 0 Å². The highest BCUT2D eigenvalue weighted by atomic mass is 32.1. The fraction of sp³-hybridized carbons (Fsp3) is 0.0769. The van der Waals surface area contributed by atoms with Crippen molar-refractivity contribution in [1.82, 2.24) is 0 Å². The van der Waals surface area contributed by atoms with Gasteiger partial charge in [-0.15, -0.1) is 68.0 Å². The standard InChI is InChI=1S/C26H18S6/c1-2-16-5-11-28-22(16)26-20(9-15-32-26)25-19(8-14-31-25)24-18(7-13-30-24)23-17(6-12-29-23)21-4-3-10-27-21/h3-15H,2H2,1H3. The third kappa shape index (κ3) is 3.50. The lowest BCUT2D eigenvalue weighted by Gasteiger charge is -2.08. The number of hydrogen-bond acceptors (Lipinski definition) is 6. The molecule has 0 bridgehead atoms. The summed E-state index contributed by atoms with van der Waals surface area (Å²) in [6, 6.07) is 15.8. The van der Waals surface area contributed by atoms with Crippen molar-refractivity contribution in [3.63, 3.8) is 0 Å². The first-order valence-corrected chi connectivity index (χ1v) is 15.5. The van der Waals surface area contributed by atoms with Gasteiger partial charge in [-0.3, -0.25) is 0 Å². The van der Waals surface area contributed by atoms with E-state index in [2.05, 4.69) is 81.7 Å². The number of thiophene rings is 6. The Bertz CT molecular complexity index is 1460. The Balaban J connectivity index is 1.48. The van der Waals surface area contributed by atoms with E-state index in [9.17, 15) is 0 Å². The molecule has 0 amide bonds.